The van der Waals surface area contributed by atoms with E-state index in [9.17, 15) is 0 Å². The predicted molar refractivity (Wildman–Crippen MR) is 140 cm³/mol. The molecule has 4 rings (SSSR count). The number of nitrogens with zero attached hydrogens (tertiary/aromatic N) is 8. The Bertz CT molecular complexity index is 1230. The fourth-order valence-electron chi connectivity index (χ4n) is 2.39. The Kier molecular flexibility index (Phi) is 11.3. The maximum Gasteiger partial charge on any atom is 2.00 e. The maximum absolute atomic E-state index is 6.01. The quantitative estimate of drug-likeness (QED) is 0.171. The Hall–Kier alpha value is -1.82. The zero-order valence-electron chi connectivity index (χ0n) is 17.8. The molecule has 0 aliphatic heterocycles. The van der Waals surface area contributed by atoms with Crippen LogP contribution in [0.4, 0.5) is 0 Å². The molecule has 15 heteroatoms. The molecule has 0 bridgehead atoms. The summed E-state index contributed by atoms with van der Waals surface area (Å²) in [5, 5.41) is 26.2. The van der Waals surface area contributed by atoms with E-state index in [1.165, 1.54) is 9.35 Å². The summed E-state index contributed by atoms with van der Waals surface area (Å²) in [7, 11) is 0. The summed E-state index contributed by atoms with van der Waals surface area (Å²) in [6.07, 6.45) is 3.18. The topological polar surface area (TPSA) is 86.1 Å². The normalized spacial score (nSPS) is 10.9. The first-order chi connectivity index (χ1) is 16.2. The predicted octanol–water partition coefficient (Wildman–Crippen LogP) is 5.36. The van der Waals surface area contributed by atoms with Gasteiger partial charge in [-0.2, -0.15) is 20.4 Å². The summed E-state index contributed by atoms with van der Waals surface area (Å²) >= 11 is 33.5. The molecule has 2 aromatic heterocycles. The van der Waals surface area contributed by atoms with Crippen LogP contribution >= 0.6 is 46.4 Å². The van der Waals surface area contributed by atoms with Crippen LogP contribution in [-0.4, -0.2) is 42.2 Å². The van der Waals surface area contributed by atoms with Gasteiger partial charge in [-0.05, 0) is 38.1 Å². The molecule has 2 aromatic carbocycles. The molecule has 0 spiro atoms. The average molecular weight is 636 g/mol. The van der Waals surface area contributed by atoms with Crippen LogP contribution in [0.5, 0.6) is 0 Å². The summed E-state index contributed by atoms with van der Waals surface area (Å²) < 4.78 is 2.92. The molecule has 0 aliphatic carbocycles. The van der Waals surface area contributed by atoms with Gasteiger partial charge in [0.15, 0.2) is 0 Å². The van der Waals surface area contributed by atoms with Crippen LogP contribution in [0, 0.1) is 13.8 Å². The van der Waals surface area contributed by atoms with Crippen LogP contribution in [-0.2, 0) is 42.3 Å². The van der Waals surface area contributed by atoms with Gasteiger partial charge in [-0.3, -0.25) is 0 Å². The first-order valence-corrected chi connectivity index (χ1v) is 11.7. The number of hydrogen-bond donors (Lipinski definition) is 0. The van der Waals surface area contributed by atoms with Crippen LogP contribution in [0.15, 0.2) is 56.9 Å². The van der Waals surface area contributed by atoms with Crippen molar-refractivity contribution < 1.29 is 17.1 Å². The van der Waals surface area contributed by atoms with E-state index >= 15 is 0 Å². The monoisotopic (exact) mass is 633 g/mol. The molecule has 185 valence electrons. The van der Waals surface area contributed by atoms with Gasteiger partial charge in [0, 0.05) is 31.5 Å². The van der Waals surface area contributed by atoms with E-state index in [2.05, 4.69) is 30.6 Å². The summed E-state index contributed by atoms with van der Waals surface area (Å²) in [6, 6.07) is 10.3. The number of hydrogen-bond acceptors (Lipinski definition) is 8. The van der Waals surface area contributed by atoms with Gasteiger partial charge in [0.25, 0.3) is 0 Å². The maximum atomic E-state index is 6.01. The van der Waals surface area contributed by atoms with Gasteiger partial charge in [-0.1, -0.05) is 58.5 Å². The van der Waals surface area contributed by atoms with E-state index in [1.54, 1.807) is 62.7 Å². The van der Waals surface area contributed by atoms with Crippen LogP contribution in [0.3, 0.4) is 0 Å². The molecule has 4 aromatic rings. The van der Waals surface area contributed by atoms with Gasteiger partial charge >= 0.3 is 17.1 Å². The second kappa shape index (κ2) is 13.5. The molecule has 0 unspecified atom stereocenters. The SMILES string of the molecule is Cc1nnc([S-])n1N=Cc1ccc(Cl)cc1Cl.Cc1nnc([S-])n1N=Cc1ccc(Cl)cc1Cl.[Cu+2]. The minimum atomic E-state index is 0. The van der Waals surface area contributed by atoms with Crippen molar-refractivity contribution in [1.29, 1.82) is 0 Å². The third-order valence-corrected chi connectivity index (χ3v) is 5.72. The van der Waals surface area contributed by atoms with Crippen molar-refractivity contribution >= 4 is 84.1 Å². The number of halogens is 4. The summed E-state index contributed by atoms with van der Waals surface area (Å²) in [5.74, 6) is 1.24. The smallest absolute Gasteiger partial charge is 0.738 e. The molecule has 0 saturated heterocycles. The Morgan fingerprint density at radius 1 is 0.686 bits per heavy atom. The van der Waals surface area contributed by atoms with Gasteiger partial charge in [-0.25, -0.2) is 9.35 Å². The molecular weight excluding hydrogens is 622 g/mol. The average Bonchev–Trinajstić information content (AvgIpc) is 3.28. The van der Waals surface area contributed by atoms with Crippen LogP contribution in [0.2, 0.25) is 20.1 Å². The molecule has 0 fully saturated rings. The van der Waals surface area contributed by atoms with E-state index in [0.29, 0.717) is 42.1 Å². The van der Waals surface area contributed by atoms with E-state index in [1.807, 2.05) is 0 Å². The summed E-state index contributed by atoms with van der Waals surface area (Å²) in [5.41, 5.74) is 1.50. The fraction of sp³-hybridized carbons (Fsp3) is 0.100. The van der Waals surface area contributed by atoms with Gasteiger partial charge in [0.2, 0.25) is 0 Å². The molecule has 1 radical (unpaired) electrons. The second-order valence-corrected chi connectivity index (χ2v) is 8.92. The van der Waals surface area contributed by atoms with Crippen molar-refractivity contribution in [2.45, 2.75) is 24.2 Å². The molecule has 35 heavy (non-hydrogen) atoms. The molecule has 0 atom stereocenters. The molecule has 0 saturated carbocycles. The van der Waals surface area contributed by atoms with Crippen LogP contribution in [0.1, 0.15) is 22.8 Å². The van der Waals surface area contributed by atoms with E-state index in [4.69, 9.17) is 71.7 Å². The molecule has 8 nitrogen and oxygen atoms in total. The first-order valence-electron chi connectivity index (χ1n) is 9.32. The third-order valence-electron chi connectivity index (χ3n) is 4.09. The van der Waals surface area contributed by atoms with E-state index in [0.717, 1.165) is 11.1 Å². The van der Waals surface area contributed by atoms with Crippen LogP contribution in [0.25, 0.3) is 0 Å². The van der Waals surface area contributed by atoms with Crippen LogP contribution < -0.4 is 0 Å². The molecule has 0 N–H and O–H groups in total. The second-order valence-electron chi connectivity index (χ2n) is 6.50. The summed E-state index contributed by atoms with van der Waals surface area (Å²) in [6.45, 7) is 3.53. The van der Waals surface area contributed by atoms with Crippen molar-refractivity contribution in [3.8, 4) is 0 Å². The minimum absolute atomic E-state index is 0. The zero-order chi connectivity index (χ0) is 24.8. The van der Waals surface area contributed by atoms with Crippen molar-refractivity contribution in [1.82, 2.24) is 29.7 Å². The van der Waals surface area contributed by atoms with Crippen molar-refractivity contribution in [3.05, 3.63) is 79.3 Å². The van der Waals surface area contributed by atoms with Gasteiger partial charge in [0.1, 0.15) is 11.6 Å². The minimum Gasteiger partial charge on any atom is -0.738 e. The number of benzene rings is 2. The molecule has 0 aliphatic rings. The Labute approximate surface area is 243 Å². The fourth-order valence-corrected chi connectivity index (χ4v) is 3.75. The third kappa shape index (κ3) is 8.09. The number of aryl methyl sites for hydroxylation is 2. The van der Waals surface area contributed by atoms with Gasteiger partial charge < -0.3 is 25.3 Å². The first kappa shape index (κ1) is 29.4. The Balaban J connectivity index is 0.000000240. The molecular formula is C20H14Cl4CuN8S2. The Morgan fingerprint density at radius 2 is 1.06 bits per heavy atom. The zero-order valence-corrected chi connectivity index (χ0v) is 23.4. The van der Waals surface area contributed by atoms with E-state index < -0.39 is 0 Å². The number of rotatable bonds is 4. The van der Waals surface area contributed by atoms with Crippen molar-refractivity contribution in [2.24, 2.45) is 10.2 Å². The molecule has 2 heterocycles. The Morgan fingerprint density at radius 3 is 1.34 bits per heavy atom. The standard InChI is InChI=1S/2C10H8Cl2N4S.Cu/c2*1-6-14-15-10(17)16(6)13-5-7-2-3-8(11)4-9(7)12;/h2*2-5H,1H3,(H,15,17);/q;;+2/p-2. The molecule has 0 amide bonds. The largest absolute Gasteiger partial charge is 2.00 e. The number of aromatic nitrogens is 6. The van der Waals surface area contributed by atoms with Gasteiger partial charge in [-0.15, -0.1) is 10.2 Å². The van der Waals surface area contributed by atoms with E-state index in [-0.39, 0.29) is 17.1 Å². The van der Waals surface area contributed by atoms with Crippen molar-refractivity contribution in [2.75, 3.05) is 0 Å². The van der Waals surface area contributed by atoms with Gasteiger partial charge in [0.05, 0.1) is 22.5 Å². The summed E-state index contributed by atoms with van der Waals surface area (Å²) in [4.78, 5) is 0. The van der Waals surface area contributed by atoms with Crippen molar-refractivity contribution in [3.63, 3.8) is 0 Å².